The first-order valence-corrected chi connectivity index (χ1v) is 14.0. The Morgan fingerprint density at radius 2 is 0.469 bits per heavy atom. The Hall–Kier alpha value is -1.56. The second-order valence-electron chi connectivity index (χ2n) is 9.84. The van der Waals surface area contributed by atoms with Gasteiger partial charge in [-0.25, -0.2) is 0 Å². The molecule has 0 saturated heterocycles. The quantitative estimate of drug-likeness (QED) is 0.171. The van der Waals surface area contributed by atoms with Gasteiger partial charge in [0.2, 0.25) is 0 Å². The molecule has 2 rings (SSSR count). The standard InChI is InChI=1S/C32H50/c1(3-5-7-9-11-13-15-19-25-31-27-21-17-22-28-31)2-4-6-8-10-12-14-16-20-26-32-29-23-18-24-30-32/h17-18,21-24,27-30H,1-16,19-20,25-26H2. The van der Waals surface area contributed by atoms with Crippen molar-refractivity contribution >= 4 is 0 Å². The molecule has 178 valence electrons. The molecule has 0 atom stereocenters. The summed E-state index contributed by atoms with van der Waals surface area (Å²) in [5.74, 6) is 0. The molecular formula is C32H50. The third-order valence-electron chi connectivity index (χ3n) is 6.87. The predicted molar refractivity (Wildman–Crippen MR) is 143 cm³/mol. The molecule has 0 nitrogen and oxygen atoms in total. The molecule has 0 bridgehead atoms. The van der Waals surface area contributed by atoms with Gasteiger partial charge in [-0.3, -0.25) is 0 Å². The first-order valence-electron chi connectivity index (χ1n) is 14.0. The second-order valence-corrected chi connectivity index (χ2v) is 9.84. The van der Waals surface area contributed by atoms with E-state index in [4.69, 9.17) is 0 Å². The lowest BCUT2D eigenvalue weighted by Crippen LogP contribution is -1.86. The molecule has 0 heteroatoms. The first kappa shape index (κ1) is 26.7. The van der Waals surface area contributed by atoms with Crippen LogP contribution in [-0.4, -0.2) is 0 Å². The maximum Gasteiger partial charge on any atom is -0.0279 e. The van der Waals surface area contributed by atoms with Crippen molar-refractivity contribution in [1.82, 2.24) is 0 Å². The molecule has 0 radical (unpaired) electrons. The van der Waals surface area contributed by atoms with E-state index < -0.39 is 0 Å². The molecule has 0 aliphatic carbocycles. The molecule has 0 heterocycles. The number of aryl methyl sites for hydroxylation is 2. The minimum absolute atomic E-state index is 1.26. The highest BCUT2D eigenvalue weighted by molar-refractivity contribution is 5.15. The summed E-state index contributed by atoms with van der Waals surface area (Å²) in [6.45, 7) is 0. The van der Waals surface area contributed by atoms with Crippen LogP contribution in [0.15, 0.2) is 60.7 Å². The molecular weight excluding hydrogens is 384 g/mol. The van der Waals surface area contributed by atoms with Crippen LogP contribution in [0.2, 0.25) is 0 Å². The van der Waals surface area contributed by atoms with Crippen LogP contribution in [0, 0.1) is 0 Å². The molecule has 2 aromatic rings. The maximum atomic E-state index is 2.26. The molecule has 0 saturated carbocycles. The molecule has 0 aliphatic heterocycles. The van der Waals surface area contributed by atoms with Gasteiger partial charge in [-0.05, 0) is 36.8 Å². The Morgan fingerprint density at radius 3 is 0.719 bits per heavy atom. The average Bonchev–Trinajstić information content (AvgIpc) is 2.84. The van der Waals surface area contributed by atoms with Crippen LogP contribution in [0.1, 0.15) is 127 Å². The normalized spacial score (nSPS) is 11.1. The zero-order valence-corrected chi connectivity index (χ0v) is 20.9. The fourth-order valence-electron chi connectivity index (χ4n) is 4.78. The summed E-state index contributed by atoms with van der Waals surface area (Å²) in [7, 11) is 0. The number of rotatable bonds is 21. The van der Waals surface area contributed by atoms with E-state index in [0.717, 1.165) is 0 Å². The van der Waals surface area contributed by atoms with Crippen LogP contribution in [0.5, 0.6) is 0 Å². The number of hydrogen-bond donors (Lipinski definition) is 0. The average molecular weight is 435 g/mol. The summed E-state index contributed by atoms with van der Waals surface area (Å²) < 4.78 is 0. The van der Waals surface area contributed by atoms with Gasteiger partial charge in [-0.15, -0.1) is 0 Å². The van der Waals surface area contributed by atoms with Crippen molar-refractivity contribution in [3.05, 3.63) is 71.8 Å². The van der Waals surface area contributed by atoms with E-state index in [2.05, 4.69) is 60.7 Å². The van der Waals surface area contributed by atoms with E-state index in [1.54, 1.807) is 0 Å². The summed E-state index contributed by atoms with van der Waals surface area (Å²) in [5.41, 5.74) is 3.00. The molecule has 0 spiro atoms. The van der Waals surface area contributed by atoms with Crippen LogP contribution in [0.3, 0.4) is 0 Å². The highest BCUT2D eigenvalue weighted by Gasteiger charge is 1.97. The van der Waals surface area contributed by atoms with E-state index in [1.807, 2.05) is 0 Å². The van der Waals surface area contributed by atoms with Gasteiger partial charge in [0.25, 0.3) is 0 Å². The van der Waals surface area contributed by atoms with Crippen LogP contribution in [0.25, 0.3) is 0 Å². The molecule has 0 N–H and O–H groups in total. The van der Waals surface area contributed by atoms with E-state index >= 15 is 0 Å². The number of benzene rings is 2. The minimum atomic E-state index is 1.26. The summed E-state index contributed by atoms with van der Waals surface area (Å²) in [4.78, 5) is 0. The molecule has 0 aromatic heterocycles. The summed E-state index contributed by atoms with van der Waals surface area (Å²) >= 11 is 0. The molecule has 0 fully saturated rings. The highest BCUT2D eigenvalue weighted by Crippen LogP contribution is 2.15. The molecule has 0 unspecified atom stereocenters. The second kappa shape index (κ2) is 20.1. The molecule has 32 heavy (non-hydrogen) atoms. The monoisotopic (exact) mass is 434 g/mol. The Labute approximate surface area is 200 Å². The van der Waals surface area contributed by atoms with Crippen molar-refractivity contribution in [2.75, 3.05) is 0 Å². The zero-order chi connectivity index (χ0) is 22.4. The third kappa shape index (κ3) is 15.3. The van der Waals surface area contributed by atoms with Crippen LogP contribution in [0.4, 0.5) is 0 Å². The topological polar surface area (TPSA) is 0 Å². The van der Waals surface area contributed by atoms with Crippen molar-refractivity contribution in [2.45, 2.75) is 128 Å². The van der Waals surface area contributed by atoms with Gasteiger partial charge < -0.3 is 0 Å². The van der Waals surface area contributed by atoms with Crippen LogP contribution < -0.4 is 0 Å². The van der Waals surface area contributed by atoms with Crippen molar-refractivity contribution in [3.63, 3.8) is 0 Å². The first-order chi connectivity index (χ1) is 15.9. The van der Waals surface area contributed by atoms with Gasteiger partial charge in [0.15, 0.2) is 0 Å². The van der Waals surface area contributed by atoms with Gasteiger partial charge in [0.1, 0.15) is 0 Å². The predicted octanol–water partition coefficient (Wildman–Crippen LogP) is 10.5. The lowest BCUT2D eigenvalue weighted by Gasteiger charge is -2.04. The summed E-state index contributed by atoms with van der Waals surface area (Å²) in [5, 5.41) is 0. The van der Waals surface area contributed by atoms with Crippen molar-refractivity contribution < 1.29 is 0 Å². The number of unbranched alkanes of at least 4 members (excludes halogenated alkanes) is 17. The highest BCUT2D eigenvalue weighted by atomic mass is 14.0. The van der Waals surface area contributed by atoms with Gasteiger partial charge in [-0.1, -0.05) is 163 Å². The maximum absolute atomic E-state index is 2.26. The smallest absolute Gasteiger partial charge is 0.0279 e. The van der Waals surface area contributed by atoms with Crippen molar-refractivity contribution in [3.8, 4) is 0 Å². The SMILES string of the molecule is c1ccc(CCCCCCCCCCCCCCCCCCCCc2ccccc2)cc1. The van der Waals surface area contributed by atoms with E-state index in [0.29, 0.717) is 0 Å². The Morgan fingerprint density at radius 1 is 0.250 bits per heavy atom. The molecule has 2 aromatic carbocycles. The minimum Gasteiger partial charge on any atom is -0.0622 e. The van der Waals surface area contributed by atoms with E-state index in [9.17, 15) is 0 Å². The Kier molecular flexibility index (Phi) is 16.7. The van der Waals surface area contributed by atoms with Crippen LogP contribution in [-0.2, 0) is 12.8 Å². The van der Waals surface area contributed by atoms with Gasteiger partial charge in [0, 0.05) is 0 Å². The van der Waals surface area contributed by atoms with E-state index in [-0.39, 0.29) is 0 Å². The largest absolute Gasteiger partial charge is 0.0622 e. The molecule has 0 aliphatic rings. The third-order valence-corrected chi connectivity index (χ3v) is 6.87. The molecule has 0 amide bonds. The lowest BCUT2D eigenvalue weighted by molar-refractivity contribution is 0.524. The van der Waals surface area contributed by atoms with Crippen LogP contribution >= 0.6 is 0 Å². The van der Waals surface area contributed by atoms with E-state index in [1.165, 1.54) is 140 Å². The lowest BCUT2D eigenvalue weighted by atomic mass is 10.0. The zero-order valence-electron chi connectivity index (χ0n) is 20.9. The van der Waals surface area contributed by atoms with Crippen molar-refractivity contribution in [2.24, 2.45) is 0 Å². The number of hydrogen-bond acceptors (Lipinski definition) is 0. The fraction of sp³-hybridized carbons (Fsp3) is 0.625. The summed E-state index contributed by atoms with van der Waals surface area (Å²) in [6, 6.07) is 21.9. The fourth-order valence-corrected chi connectivity index (χ4v) is 4.78. The van der Waals surface area contributed by atoms with Gasteiger partial charge in [-0.2, -0.15) is 0 Å². The summed E-state index contributed by atoms with van der Waals surface area (Å²) in [6.07, 6.45) is 28.4. The van der Waals surface area contributed by atoms with Gasteiger partial charge in [0.05, 0.1) is 0 Å². The Bertz CT molecular complexity index is 558. The van der Waals surface area contributed by atoms with Gasteiger partial charge >= 0.3 is 0 Å². The van der Waals surface area contributed by atoms with Crippen molar-refractivity contribution in [1.29, 1.82) is 0 Å². The Balaban J connectivity index is 1.21.